The minimum atomic E-state index is -1.46. The molecule has 0 bridgehead atoms. The Morgan fingerprint density at radius 3 is 2.14 bits per heavy atom. The van der Waals surface area contributed by atoms with Crippen molar-refractivity contribution >= 4 is 0 Å². The zero-order valence-corrected chi connectivity index (χ0v) is 8.02. The van der Waals surface area contributed by atoms with Gasteiger partial charge in [-0.05, 0) is 12.0 Å². The second-order valence-electron chi connectivity index (χ2n) is 3.53. The number of hydrogen-bond acceptors (Lipinski definition) is 1. The third-order valence-corrected chi connectivity index (χ3v) is 2.14. The minimum Gasteiger partial charge on any atom is -0.324 e. The Balaban J connectivity index is 3.17. The maximum atomic E-state index is 13.2. The van der Waals surface area contributed by atoms with E-state index in [-0.39, 0.29) is 11.5 Å². The monoisotopic (exact) mass is 203 g/mol. The van der Waals surface area contributed by atoms with Crippen LogP contribution in [0.4, 0.5) is 13.2 Å². The molecule has 1 atom stereocenters. The standard InChI is InChI=1S/C10H12F3N/c1-5(2)10(14)6-3-4-7(11)9(13)8(6)12/h3-5,10H,14H2,1-2H3/t10-/m0/s1. The highest BCUT2D eigenvalue weighted by Crippen LogP contribution is 2.24. The molecule has 1 rings (SSSR count). The zero-order valence-electron chi connectivity index (χ0n) is 8.02. The van der Waals surface area contributed by atoms with Crippen molar-refractivity contribution < 1.29 is 13.2 Å². The van der Waals surface area contributed by atoms with Crippen molar-refractivity contribution in [2.75, 3.05) is 0 Å². The van der Waals surface area contributed by atoms with Gasteiger partial charge in [0.05, 0.1) is 0 Å². The Morgan fingerprint density at radius 1 is 1.07 bits per heavy atom. The Hall–Kier alpha value is -1.03. The van der Waals surface area contributed by atoms with Gasteiger partial charge in [-0.25, -0.2) is 13.2 Å². The second-order valence-corrected chi connectivity index (χ2v) is 3.53. The number of nitrogens with two attached hydrogens (primary N) is 1. The van der Waals surface area contributed by atoms with Crippen LogP contribution in [-0.2, 0) is 0 Å². The molecule has 1 aromatic carbocycles. The van der Waals surface area contributed by atoms with Gasteiger partial charge in [-0.15, -0.1) is 0 Å². The van der Waals surface area contributed by atoms with Crippen LogP contribution < -0.4 is 5.73 Å². The summed E-state index contributed by atoms with van der Waals surface area (Å²) in [6.07, 6.45) is 0. The first-order chi connectivity index (χ1) is 6.45. The number of benzene rings is 1. The van der Waals surface area contributed by atoms with Crippen molar-refractivity contribution in [3.63, 3.8) is 0 Å². The maximum absolute atomic E-state index is 13.2. The summed E-state index contributed by atoms with van der Waals surface area (Å²) in [5, 5.41) is 0. The number of halogens is 3. The van der Waals surface area contributed by atoms with E-state index in [1.54, 1.807) is 13.8 Å². The highest BCUT2D eigenvalue weighted by atomic mass is 19.2. The number of rotatable bonds is 2. The zero-order chi connectivity index (χ0) is 10.9. The highest BCUT2D eigenvalue weighted by Gasteiger charge is 2.19. The van der Waals surface area contributed by atoms with Gasteiger partial charge in [0.15, 0.2) is 17.5 Å². The van der Waals surface area contributed by atoms with Gasteiger partial charge in [0, 0.05) is 11.6 Å². The third-order valence-electron chi connectivity index (χ3n) is 2.14. The fourth-order valence-electron chi connectivity index (χ4n) is 1.16. The van der Waals surface area contributed by atoms with Crippen molar-refractivity contribution in [3.05, 3.63) is 35.1 Å². The van der Waals surface area contributed by atoms with Gasteiger partial charge in [-0.2, -0.15) is 0 Å². The van der Waals surface area contributed by atoms with Crippen molar-refractivity contribution in [2.24, 2.45) is 11.7 Å². The average molecular weight is 203 g/mol. The summed E-state index contributed by atoms with van der Waals surface area (Å²) in [5.74, 6) is -3.87. The Kier molecular flexibility index (Phi) is 3.16. The molecule has 0 unspecified atom stereocenters. The molecule has 0 aliphatic heterocycles. The lowest BCUT2D eigenvalue weighted by Crippen LogP contribution is -2.19. The van der Waals surface area contributed by atoms with E-state index in [1.165, 1.54) is 6.07 Å². The minimum absolute atomic E-state index is 0.0129. The summed E-state index contributed by atoms with van der Waals surface area (Å²) < 4.78 is 38.6. The van der Waals surface area contributed by atoms with E-state index in [0.29, 0.717) is 0 Å². The van der Waals surface area contributed by atoms with Crippen LogP contribution in [0.2, 0.25) is 0 Å². The molecule has 0 fully saturated rings. The largest absolute Gasteiger partial charge is 0.324 e. The van der Waals surface area contributed by atoms with E-state index in [9.17, 15) is 13.2 Å². The molecule has 0 aliphatic rings. The van der Waals surface area contributed by atoms with Gasteiger partial charge < -0.3 is 5.73 Å². The first-order valence-corrected chi connectivity index (χ1v) is 4.34. The Morgan fingerprint density at radius 2 is 1.64 bits per heavy atom. The molecule has 0 aliphatic carbocycles. The fraction of sp³-hybridized carbons (Fsp3) is 0.400. The Bertz CT molecular complexity index is 336. The summed E-state index contributed by atoms with van der Waals surface area (Å²) in [6.45, 7) is 3.57. The molecular formula is C10H12F3N. The number of hydrogen-bond donors (Lipinski definition) is 1. The van der Waals surface area contributed by atoms with Gasteiger partial charge in [-0.3, -0.25) is 0 Å². The maximum Gasteiger partial charge on any atom is 0.194 e. The molecule has 0 saturated heterocycles. The van der Waals surface area contributed by atoms with Crippen LogP contribution >= 0.6 is 0 Å². The van der Waals surface area contributed by atoms with Gasteiger partial charge in [0.1, 0.15) is 0 Å². The summed E-state index contributed by atoms with van der Waals surface area (Å²) in [4.78, 5) is 0. The average Bonchev–Trinajstić information content (AvgIpc) is 2.13. The molecule has 0 aromatic heterocycles. The molecule has 0 radical (unpaired) electrons. The second kappa shape index (κ2) is 4.00. The van der Waals surface area contributed by atoms with Crippen LogP contribution in [0.1, 0.15) is 25.5 Å². The molecule has 78 valence electrons. The third kappa shape index (κ3) is 1.90. The summed E-state index contributed by atoms with van der Waals surface area (Å²) in [6, 6.07) is 1.44. The van der Waals surface area contributed by atoms with Crippen LogP contribution in [0, 0.1) is 23.4 Å². The van der Waals surface area contributed by atoms with E-state index >= 15 is 0 Å². The summed E-state index contributed by atoms with van der Waals surface area (Å²) in [7, 11) is 0. The topological polar surface area (TPSA) is 26.0 Å². The fourth-order valence-corrected chi connectivity index (χ4v) is 1.16. The first-order valence-electron chi connectivity index (χ1n) is 4.34. The van der Waals surface area contributed by atoms with E-state index in [4.69, 9.17) is 5.73 Å². The van der Waals surface area contributed by atoms with Crippen LogP contribution in [-0.4, -0.2) is 0 Å². The first kappa shape index (κ1) is 11.0. The van der Waals surface area contributed by atoms with Crippen LogP contribution in [0.25, 0.3) is 0 Å². The van der Waals surface area contributed by atoms with E-state index in [0.717, 1.165) is 6.07 Å². The lowest BCUT2D eigenvalue weighted by Gasteiger charge is -2.16. The molecule has 1 aromatic rings. The van der Waals surface area contributed by atoms with Crippen molar-refractivity contribution in [3.8, 4) is 0 Å². The van der Waals surface area contributed by atoms with Crippen molar-refractivity contribution in [1.82, 2.24) is 0 Å². The van der Waals surface area contributed by atoms with Gasteiger partial charge in [0.2, 0.25) is 0 Å². The lowest BCUT2D eigenvalue weighted by atomic mass is 9.96. The predicted molar refractivity (Wildman–Crippen MR) is 48.1 cm³/mol. The molecule has 0 saturated carbocycles. The van der Waals surface area contributed by atoms with Crippen LogP contribution in [0.5, 0.6) is 0 Å². The molecule has 0 amide bonds. The predicted octanol–water partition coefficient (Wildman–Crippen LogP) is 2.76. The van der Waals surface area contributed by atoms with E-state index < -0.39 is 23.5 Å². The summed E-state index contributed by atoms with van der Waals surface area (Å²) in [5.41, 5.74) is 5.64. The molecule has 2 N–H and O–H groups in total. The molecule has 4 heteroatoms. The molecule has 14 heavy (non-hydrogen) atoms. The molecule has 0 heterocycles. The molecular weight excluding hydrogens is 191 g/mol. The SMILES string of the molecule is CC(C)[C@H](N)c1ccc(F)c(F)c1F. The van der Waals surface area contributed by atoms with Gasteiger partial charge in [0.25, 0.3) is 0 Å². The van der Waals surface area contributed by atoms with E-state index in [2.05, 4.69) is 0 Å². The molecule has 1 nitrogen and oxygen atoms in total. The summed E-state index contributed by atoms with van der Waals surface area (Å²) >= 11 is 0. The Labute approximate surface area is 80.7 Å². The van der Waals surface area contributed by atoms with Crippen LogP contribution in [0.3, 0.4) is 0 Å². The van der Waals surface area contributed by atoms with Gasteiger partial charge >= 0.3 is 0 Å². The lowest BCUT2D eigenvalue weighted by molar-refractivity contribution is 0.420. The van der Waals surface area contributed by atoms with Gasteiger partial charge in [-0.1, -0.05) is 19.9 Å². The quantitative estimate of drug-likeness (QED) is 0.735. The van der Waals surface area contributed by atoms with Crippen molar-refractivity contribution in [2.45, 2.75) is 19.9 Å². The normalized spacial score (nSPS) is 13.4. The smallest absolute Gasteiger partial charge is 0.194 e. The highest BCUT2D eigenvalue weighted by molar-refractivity contribution is 5.23. The van der Waals surface area contributed by atoms with Crippen molar-refractivity contribution in [1.29, 1.82) is 0 Å². The molecule has 0 spiro atoms. The van der Waals surface area contributed by atoms with E-state index in [1.807, 2.05) is 0 Å². The van der Waals surface area contributed by atoms with Crippen LogP contribution in [0.15, 0.2) is 12.1 Å².